The summed E-state index contributed by atoms with van der Waals surface area (Å²) in [5.41, 5.74) is 1.15. The number of anilines is 1. The summed E-state index contributed by atoms with van der Waals surface area (Å²) >= 11 is 12.8. The molecule has 1 aromatic heterocycles. The molecule has 0 aliphatic carbocycles. The van der Waals surface area contributed by atoms with Crippen molar-refractivity contribution in [2.75, 3.05) is 38.8 Å². The lowest BCUT2D eigenvalue weighted by Crippen LogP contribution is -2.53. The number of carbonyl (C=O) groups excluding carboxylic acids is 2. The molecule has 51 heavy (non-hydrogen) atoms. The van der Waals surface area contributed by atoms with Crippen LogP contribution in [-0.4, -0.2) is 56.9 Å². The fraction of sp³-hybridized carbons (Fsp3) is 0.324. The lowest BCUT2D eigenvalue weighted by Gasteiger charge is -2.44. The zero-order valence-electron chi connectivity index (χ0n) is 27.8. The van der Waals surface area contributed by atoms with Crippen LogP contribution in [0.1, 0.15) is 46.0 Å². The van der Waals surface area contributed by atoms with E-state index >= 15 is 4.39 Å². The molecule has 0 radical (unpaired) electrons. The van der Waals surface area contributed by atoms with Crippen LogP contribution in [0.15, 0.2) is 73.1 Å². The Morgan fingerprint density at radius 2 is 1.71 bits per heavy atom. The highest BCUT2D eigenvalue weighted by Gasteiger charge is 2.38. The van der Waals surface area contributed by atoms with E-state index in [0.717, 1.165) is 61.4 Å². The number of halogens is 4. The average Bonchev–Trinajstić information content (AvgIpc) is 3.12. The van der Waals surface area contributed by atoms with Crippen LogP contribution in [0.3, 0.4) is 0 Å². The largest absolute Gasteiger partial charge is 0.619 e. The van der Waals surface area contributed by atoms with Gasteiger partial charge in [-0.1, -0.05) is 41.4 Å². The predicted molar refractivity (Wildman–Crippen MR) is 185 cm³/mol. The molecule has 0 spiro atoms. The maximum Gasteiger partial charge on any atom is 0.415 e. The normalized spacial score (nSPS) is 18.5. The van der Waals surface area contributed by atoms with Gasteiger partial charge < -0.3 is 24.2 Å². The number of fused-ring (bicyclic) bond motifs is 3. The lowest BCUT2D eigenvalue weighted by molar-refractivity contribution is -0.605. The van der Waals surface area contributed by atoms with E-state index in [1.807, 2.05) is 0 Å². The number of esters is 1. The quantitative estimate of drug-likeness (QED) is 0.0897. The van der Waals surface area contributed by atoms with Crippen molar-refractivity contribution in [3.05, 3.63) is 122 Å². The number of hydrogen-bond donors (Lipinski definition) is 0. The Kier molecular flexibility index (Phi) is 11.1. The number of hydrogen-bond acceptors (Lipinski definition) is 8. The molecule has 14 heteroatoms. The molecule has 0 unspecified atom stereocenters. The van der Waals surface area contributed by atoms with Gasteiger partial charge in [-0.05, 0) is 79.4 Å². The van der Waals surface area contributed by atoms with Gasteiger partial charge in [-0.15, -0.1) is 0 Å². The van der Waals surface area contributed by atoms with Crippen molar-refractivity contribution in [2.24, 2.45) is 5.92 Å². The molecule has 0 saturated carbocycles. The zero-order chi connectivity index (χ0) is 36.2. The Bertz CT molecular complexity index is 1900. The van der Waals surface area contributed by atoms with Gasteiger partial charge in [0, 0.05) is 24.6 Å². The molecule has 3 aliphatic heterocycles. The van der Waals surface area contributed by atoms with E-state index in [1.54, 1.807) is 30.3 Å². The maximum absolute atomic E-state index is 15.1. The van der Waals surface area contributed by atoms with E-state index in [9.17, 15) is 19.2 Å². The molecule has 1 amide bonds. The molecule has 4 aromatic rings. The highest BCUT2D eigenvalue weighted by atomic mass is 35.5. The van der Waals surface area contributed by atoms with Crippen molar-refractivity contribution < 1.29 is 42.0 Å². The van der Waals surface area contributed by atoms with Crippen LogP contribution in [0.5, 0.6) is 11.5 Å². The summed E-state index contributed by atoms with van der Waals surface area (Å²) in [5.74, 6) is -1.25. The first kappa shape index (κ1) is 36.2. The molecule has 7 rings (SSSR count). The number of nitrogens with zero attached hydrogens (tertiary/aromatic N) is 3. The van der Waals surface area contributed by atoms with E-state index in [4.69, 9.17) is 42.1 Å². The summed E-state index contributed by atoms with van der Waals surface area (Å²) in [7, 11) is 2.96. The van der Waals surface area contributed by atoms with E-state index in [1.165, 1.54) is 26.4 Å². The van der Waals surface area contributed by atoms with Crippen LogP contribution in [0, 0.1) is 22.8 Å². The second kappa shape index (κ2) is 15.7. The Morgan fingerprint density at radius 1 is 0.980 bits per heavy atom. The van der Waals surface area contributed by atoms with E-state index in [2.05, 4.69) is 4.90 Å². The molecule has 2 atom stereocenters. The first-order chi connectivity index (χ1) is 24.5. The minimum absolute atomic E-state index is 0.00250. The SMILES string of the molecule is COc1ccc([C@H](Cc2c(Cl)c[n+]([O-])cc2Cl)OC(=O)c2cccc(CN(C(=O)O[C@H]3CN4CCC3CC4)c3cc(F)ccc3F)c2)cc1OC. The summed E-state index contributed by atoms with van der Waals surface area (Å²) in [4.78, 5) is 30.7. The van der Waals surface area contributed by atoms with Crippen molar-refractivity contribution in [2.45, 2.75) is 38.0 Å². The van der Waals surface area contributed by atoms with Gasteiger partial charge in [-0.2, -0.15) is 4.73 Å². The number of amides is 1. The van der Waals surface area contributed by atoms with Crippen LogP contribution in [-0.2, 0) is 22.4 Å². The molecule has 3 aliphatic rings. The number of piperidine rings is 3. The lowest BCUT2D eigenvalue weighted by atomic mass is 9.86. The second-order valence-electron chi connectivity index (χ2n) is 12.4. The van der Waals surface area contributed by atoms with Crippen molar-refractivity contribution in [1.29, 1.82) is 0 Å². The fourth-order valence-corrected chi connectivity index (χ4v) is 7.14. The molecule has 3 aromatic carbocycles. The first-order valence-electron chi connectivity index (χ1n) is 16.3. The van der Waals surface area contributed by atoms with Crippen molar-refractivity contribution in [3.63, 3.8) is 0 Å². The van der Waals surface area contributed by atoms with E-state index in [0.29, 0.717) is 39.5 Å². The van der Waals surface area contributed by atoms with Crippen molar-refractivity contribution in [3.8, 4) is 11.5 Å². The molecule has 4 heterocycles. The maximum atomic E-state index is 15.1. The van der Waals surface area contributed by atoms with Gasteiger partial charge in [0.2, 0.25) is 0 Å². The van der Waals surface area contributed by atoms with Crippen molar-refractivity contribution in [1.82, 2.24) is 4.90 Å². The highest BCUT2D eigenvalue weighted by Crippen LogP contribution is 2.36. The molecular weight excluding hydrogens is 707 g/mol. The van der Waals surface area contributed by atoms with Crippen LogP contribution in [0.4, 0.5) is 19.3 Å². The molecular formula is C37H35Cl2F2N3O7. The van der Waals surface area contributed by atoms with Crippen LogP contribution >= 0.6 is 23.2 Å². The van der Waals surface area contributed by atoms with Gasteiger partial charge in [0.25, 0.3) is 0 Å². The number of rotatable bonds is 11. The first-order valence-corrected chi connectivity index (χ1v) is 17.0. The van der Waals surface area contributed by atoms with E-state index in [-0.39, 0.29) is 46.3 Å². The monoisotopic (exact) mass is 741 g/mol. The minimum Gasteiger partial charge on any atom is -0.619 e. The smallest absolute Gasteiger partial charge is 0.415 e. The van der Waals surface area contributed by atoms with Crippen LogP contribution in [0.25, 0.3) is 0 Å². The van der Waals surface area contributed by atoms with E-state index < -0.39 is 29.8 Å². The Hall–Kier alpha value is -4.65. The van der Waals surface area contributed by atoms with Crippen LogP contribution < -0.4 is 19.1 Å². The summed E-state index contributed by atoms with van der Waals surface area (Å²) < 4.78 is 52.7. The molecule has 2 bridgehead atoms. The third kappa shape index (κ3) is 8.30. The van der Waals surface area contributed by atoms with Gasteiger partial charge in [0.1, 0.15) is 33.9 Å². The predicted octanol–water partition coefficient (Wildman–Crippen LogP) is 7.30. The standard InChI is InChI=1S/C37H35Cl2F2N3O7/c1-48-32-9-6-24(15-34(32)49-2)33(17-27-28(38)19-43(47)20-29(27)39)50-36(45)25-5-3-4-22(14-25)18-44(31-16-26(40)7-8-30(31)41)37(46)51-35-21-42-12-10-23(35)11-13-42/h3-9,14-16,19-20,23,33,35H,10-13,17-18,21H2,1-2H3/t33-,35-/m0/s1. The van der Waals surface area contributed by atoms with Crippen LogP contribution in [0.2, 0.25) is 10.0 Å². The Labute approximate surface area is 303 Å². The zero-order valence-corrected chi connectivity index (χ0v) is 29.3. The topological polar surface area (TPSA) is 104 Å². The molecule has 10 nitrogen and oxygen atoms in total. The van der Waals surface area contributed by atoms with Crippen molar-refractivity contribution >= 4 is 41.0 Å². The number of benzene rings is 3. The van der Waals surface area contributed by atoms with Gasteiger partial charge in [0.15, 0.2) is 23.9 Å². The summed E-state index contributed by atoms with van der Waals surface area (Å²) in [5, 5.41) is 12.1. The number of carbonyl (C=O) groups is 2. The molecule has 268 valence electrons. The summed E-state index contributed by atoms with van der Waals surface area (Å²) in [6.07, 6.45) is 1.91. The molecule has 3 saturated heterocycles. The number of ether oxygens (including phenoxy) is 4. The van der Waals surface area contributed by atoms with Gasteiger partial charge in [-0.3, -0.25) is 9.80 Å². The third-order valence-electron chi connectivity index (χ3n) is 9.25. The summed E-state index contributed by atoms with van der Waals surface area (Å²) in [6.45, 7) is 2.21. The van der Waals surface area contributed by atoms with Gasteiger partial charge in [-0.25, -0.2) is 18.4 Å². The fourth-order valence-electron chi connectivity index (χ4n) is 6.55. The number of aromatic nitrogens is 1. The number of methoxy groups -OCH3 is 2. The second-order valence-corrected chi connectivity index (χ2v) is 13.3. The van der Waals surface area contributed by atoms with Gasteiger partial charge in [0.05, 0.1) is 32.0 Å². The highest BCUT2D eigenvalue weighted by molar-refractivity contribution is 6.35. The number of pyridine rings is 1. The van der Waals surface area contributed by atoms with Gasteiger partial charge >= 0.3 is 12.1 Å². The Balaban J connectivity index is 1.28. The summed E-state index contributed by atoms with van der Waals surface area (Å²) in [6, 6.07) is 14.1. The minimum atomic E-state index is -0.965. The average molecular weight is 743 g/mol. The molecule has 0 N–H and O–H groups in total. The third-order valence-corrected chi connectivity index (χ3v) is 9.90. The Morgan fingerprint density at radius 3 is 2.37 bits per heavy atom. The molecule has 3 fully saturated rings.